The van der Waals surface area contributed by atoms with Gasteiger partial charge in [0.05, 0.1) is 0 Å². The van der Waals surface area contributed by atoms with E-state index < -0.39 is 0 Å². The molecule has 2 unspecified atom stereocenters. The molecule has 6 rings (SSSR count). The Bertz CT molecular complexity index is 1440. The van der Waals surface area contributed by atoms with Gasteiger partial charge in [-0.05, 0) is 111 Å². The number of fused-ring (bicyclic) bond motifs is 2. The van der Waals surface area contributed by atoms with Gasteiger partial charge in [-0.15, -0.1) is 22.7 Å². The SMILES string of the molecule is CCCCCc1csc(C2=Cc3ccccc3C2C(C)(C)C2C(c3cc(CCCCC)cs3)=Cc3ccccc32)c1. The second kappa shape index (κ2) is 12.3. The van der Waals surface area contributed by atoms with Crippen molar-refractivity contribution in [1.82, 2.24) is 0 Å². The normalized spacial score (nSPS) is 17.9. The molecule has 4 aromatic rings. The van der Waals surface area contributed by atoms with Crippen molar-refractivity contribution >= 4 is 46.0 Å². The molecule has 0 radical (unpaired) electrons. The predicted molar refractivity (Wildman–Crippen MR) is 183 cm³/mol. The van der Waals surface area contributed by atoms with Gasteiger partial charge in [0, 0.05) is 21.6 Å². The molecule has 2 heteroatoms. The summed E-state index contributed by atoms with van der Waals surface area (Å²) in [5.74, 6) is 0.675. The lowest BCUT2D eigenvalue weighted by atomic mass is 9.62. The van der Waals surface area contributed by atoms with E-state index in [0.29, 0.717) is 11.8 Å². The zero-order valence-corrected chi connectivity index (χ0v) is 26.8. The zero-order valence-electron chi connectivity index (χ0n) is 25.2. The van der Waals surface area contributed by atoms with Gasteiger partial charge in [-0.1, -0.05) is 102 Å². The van der Waals surface area contributed by atoms with Crippen molar-refractivity contribution in [2.24, 2.45) is 5.41 Å². The van der Waals surface area contributed by atoms with Gasteiger partial charge in [-0.2, -0.15) is 0 Å². The van der Waals surface area contributed by atoms with Crippen LogP contribution >= 0.6 is 22.7 Å². The third kappa shape index (κ3) is 5.58. The van der Waals surface area contributed by atoms with Crippen LogP contribution < -0.4 is 0 Å². The average molecular weight is 577 g/mol. The fourth-order valence-electron chi connectivity index (χ4n) is 7.32. The average Bonchev–Trinajstić information content (AvgIpc) is 3.77. The molecule has 0 spiro atoms. The van der Waals surface area contributed by atoms with E-state index in [9.17, 15) is 0 Å². The van der Waals surface area contributed by atoms with Gasteiger partial charge in [-0.3, -0.25) is 0 Å². The number of allylic oxidation sites excluding steroid dienone is 2. The van der Waals surface area contributed by atoms with E-state index in [-0.39, 0.29) is 5.41 Å². The van der Waals surface area contributed by atoms with Crippen molar-refractivity contribution < 1.29 is 0 Å². The Hall–Kier alpha value is -2.68. The van der Waals surface area contributed by atoms with Crippen molar-refractivity contribution in [3.05, 3.63) is 115 Å². The van der Waals surface area contributed by atoms with Crippen LogP contribution in [0.5, 0.6) is 0 Å². The summed E-state index contributed by atoms with van der Waals surface area (Å²) in [6.45, 7) is 9.67. The standard InChI is InChI=1S/C39H44S2/c1-5-7-9-15-27-21-35(40-25-27)33-23-29-17-11-13-19-31(29)37(33)39(3,4)38-32-20-14-12-18-30(32)24-34(38)36-22-28(26-41-36)16-10-8-6-2/h11-14,17-26,37-38H,5-10,15-16H2,1-4H3. The molecule has 0 saturated heterocycles. The molecule has 2 aliphatic rings. The second-order valence-electron chi connectivity index (χ2n) is 12.7. The number of benzene rings is 2. The maximum atomic E-state index is 2.54. The first-order valence-electron chi connectivity index (χ1n) is 15.8. The van der Waals surface area contributed by atoms with Crippen LogP contribution in [0, 0.1) is 5.41 Å². The molecular formula is C39H44S2. The fraction of sp³-hybridized carbons (Fsp3) is 0.385. The molecule has 0 saturated carbocycles. The van der Waals surface area contributed by atoms with Crippen LogP contribution in [0.1, 0.15) is 121 Å². The van der Waals surface area contributed by atoms with Gasteiger partial charge in [0.25, 0.3) is 0 Å². The van der Waals surface area contributed by atoms with Crippen LogP contribution in [0.3, 0.4) is 0 Å². The van der Waals surface area contributed by atoms with E-state index in [0.717, 1.165) is 0 Å². The van der Waals surface area contributed by atoms with E-state index >= 15 is 0 Å². The maximum absolute atomic E-state index is 2.54. The van der Waals surface area contributed by atoms with Gasteiger partial charge in [0.15, 0.2) is 0 Å². The zero-order chi connectivity index (χ0) is 28.4. The molecule has 0 amide bonds. The van der Waals surface area contributed by atoms with Crippen molar-refractivity contribution in [3.8, 4) is 0 Å². The highest BCUT2D eigenvalue weighted by atomic mass is 32.1. The Morgan fingerprint density at radius 1 is 0.610 bits per heavy atom. The lowest BCUT2D eigenvalue weighted by Crippen LogP contribution is -2.29. The predicted octanol–water partition coefficient (Wildman–Crippen LogP) is 12.3. The number of unbranched alkanes of at least 4 members (excludes halogenated alkanes) is 4. The first-order chi connectivity index (χ1) is 20.0. The third-order valence-corrected chi connectivity index (χ3v) is 11.4. The summed E-state index contributed by atoms with van der Waals surface area (Å²) in [5.41, 5.74) is 11.8. The van der Waals surface area contributed by atoms with Gasteiger partial charge in [0.2, 0.25) is 0 Å². The minimum Gasteiger partial charge on any atom is -0.144 e. The summed E-state index contributed by atoms with van der Waals surface area (Å²) in [7, 11) is 0. The van der Waals surface area contributed by atoms with E-state index in [1.54, 1.807) is 0 Å². The topological polar surface area (TPSA) is 0 Å². The lowest BCUT2D eigenvalue weighted by Gasteiger charge is -2.41. The van der Waals surface area contributed by atoms with Crippen molar-refractivity contribution in [3.63, 3.8) is 0 Å². The molecule has 2 heterocycles. The Balaban J connectivity index is 1.39. The Labute approximate surface area is 255 Å². The molecule has 2 aromatic carbocycles. The first kappa shape index (κ1) is 28.4. The molecule has 2 aromatic heterocycles. The number of aryl methyl sites for hydroxylation is 2. The monoisotopic (exact) mass is 576 g/mol. The number of hydrogen-bond acceptors (Lipinski definition) is 2. The Morgan fingerprint density at radius 3 is 1.49 bits per heavy atom. The molecule has 0 bridgehead atoms. The molecule has 41 heavy (non-hydrogen) atoms. The van der Waals surface area contributed by atoms with Crippen LogP contribution in [0.2, 0.25) is 0 Å². The van der Waals surface area contributed by atoms with Crippen molar-refractivity contribution in [1.29, 1.82) is 0 Å². The molecular weight excluding hydrogens is 533 g/mol. The van der Waals surface area contributed by atoms with Gasteiger partial charge < -0.3 is 0 Å². The summed E-state index contributed by atoms with van der Waals surface area (Å²) in [4.78, 5) is 2.91. The van der Waals surface area contributed by atoms with Crippen LogP contribution in [-0.2, 0) is 12.8 Å². The highest BCUT2D eigenvalue weighted by Gasteiger charge is 2.47. The summed E-state index contributed by atoms with van der Waals surface area (Å²) in [5, 5.41) is 4.83. The van der Waals surface area contributed by atoms with E-state index in [1.807, 2.05) is 22.7 Å². The van der Waals surface area contributed by atoms with E-state index in [2.05, 4.69) is 111 Å². The molecule has 0 N–H and O–H groups in total. The summed E-state index contributed by atoms with van der Waals surface area (Å²) < 4.78 is 0. The highest BCUT2D eigenvalue weighted by molar-refractivity contribution is 7.11. The molecule has 0 nitrogen and oxygen atoms in total. The number of hydrogen-bond donors (Lipinski definition) is 0. The third-order valence-electron chi connectivity index (χ3n) is 9.36. The van der Waals surface area contributed by atoms with Crippen LogP contribution in [-0.4, -0.2) is 0 Å². The molecule has 2 atom stereocenters. The maximum Gasteiger partial charge on any atom is 0.0311 e. The van der Waals surface area contributed by atoms with Crippen molar-refractivity contribution in [2.45, 2.75) is 90.9 Å². The van der Waals surface area contributed by atoms with Gasteiger partial charge >= 0.3 is 0 Å². The molecule has 2 aliphatic carbocycles. The molecule has 0 fully saturated rings. The second-order valence-corrected chi connectivity index (χ2v) is 14.5. The smallest absolute Gasteiger partial charge is 0.0311 e. The van der Waals surface area contributed by atoms with Crippen LogP contribution in [0.25, 0.3) is 23.3 Å². The summed E-state index contributed by atoms with van der Waals surface area (Å²) >= 11 is 3.91. The molecule has 212 valence electrons. The first-order valence-corrected chi connectivity index (χ1v) is 17.5. The quantitative estimate of drug-likeness (QED) is 0.147. The Kier molecular flexibility index (Phi) is 8.52. The van der Waals surface area contributed by atoms with E-state index in [1.165, 1.54) is 106 Å². The fourth-order valence-corrected chi connectivity index (χ4v) is 9.31. The molecule has 0 aliphatic heterocycles. The minimum atomic E-state index is -0.0183. The van der Waals surface area contributed by atoms with Gasteiger partial charge in [0.1, 0.15) is 0 Å². The number of rotatable bonds is 12. The summed E-state index contributed by atoms with van der Waals surface area (Å²) in [6.07, 6.45) is 15.1. The minimum absolute atomic E-state index is 0.0183. The highest BCUT2D eigenvalue weighted by Crippen LogP contribution is 2.62. The van der Waals surface area contributed by atoms with Crippen LogP contribution in [0.15, 0.2) is 71.4 Å². The van der Waals surface area contributed by atoms with Crippen LogP contribution in [0.4, 0.5) is 0 Å². The Morgan fingerprint density at radius 2 is 1.05 bits per heavy atom. The van der Waals surface area contributed by atoms with Gasteiger partial charge in [-0.25, -0.2) is 0 Å². The van der Waals surface area contributed by atoms with E-state index in [4.69, 9.17) is 0 Å². The largest absolute Gasteiger partial charge is 0.144 e. The van der Waals surface area contributed by atoms with Crippen molar-refractivity contribution in [2.75, 3.05) is 0 Å². The number of thiophene rings is 2. The summed E-state index contributed by atoms with van der Waals surface area (Å²) in [6, 6.07) is 23.3. The lowest BCUT2D eigenvalue weighted by molar-refractivity contribution is 0.304.